The first-order valence-corrected chi connectivity index (χ1v) is 1.83. The molecule has 0 atom stereocenters. The fraction of sp³-hybridized carbons (Fsp3) is 0.750. The summed E-state index contributed by atoms with van der Waals surface area (Å²) >= 11 is 0. The molecule has 0 spiro atoms. The average Bonchev–Trinajstić information content (AvgIpc) is 2.12. The average molecular weight is 104 g/mol. The first-order valence-electron chi connectivity index (χ1n) is 1.83. The van der Waals surface area contributed by atoms with Crippen LogP contribution < -0.4 is 12.4 Å². The summed E-state index contributed by atoms with van der Waals surface area (Å²) in [5.74, 6) is 0.440. The van der Waals surface area contributed by atoms with Crippen LogP contribution in [-0.4, -0.2) is 0 Å². The van der Waals surface area contributed by atoms with Crippen LogP contribution in [0.15, 0.2) is 0 Å². The lowest BCUT2D eigenvalue weighted by atomic mass is 10.5. The van der Waals surface area contributed by atoms with Crippen LogP contribution in [0.4, 0.5) is 0 Å². The van der Waals surface area contributed by atoms with Crippen molar-refractivity contribution < 1.29 is 13.8 Å². The van der Waals surface area contributed by atoms with Crippen molar-refractivity contribution >= 4 is 0 Å². The summed E-state index contributed by atoms with van der Waals surface area (Å²) < 4.78 is 0. The molecule has 0 aromatic carbocycles. The molecule has 0 N–H and O–H groups in total. The highest BCUT2D eigenvalue weighted by Crippen LogP contribution is 2.26. The van der Waals surface area contributed by atoms with Crippen molar-refractivity contribution in [2.45, 2.75) is 12.8 Å². The lowest BCUT2D eigenvalue weighted by Crippen LogP contribution is -3.00. The first-order chi connectivity index (χ1) is 2.43. The van der Waals surface area contributed by atoms with Gasteiger partial charge in [-0.3, -0.25) is 0 Å². The minimum absolute atomic E-state index is 0. The molecule has 0 radical (unpaired) electrons. The van der Waals surface area contributed by atoms with Gasteiger partial charge in [-0.1, -0.05) is 0 Å². The molecule has 0 bridgehead atoms. The summed E-state index contributed by atoms with van der Waals surface area (Å²) in [4.78, 5) is 0. The Labute approximate surface area is 44.9 Å². The largest absolute Gasteiger partial charge is 1.00 e. The second kappa shape index (κ2) is 2.04. The van der Waals surface area contributed by atoms with Gasteiger partial charge in [0, 0.05) is 5.92 Å². The zero-order valence-electron chi connectivity index (χ0n) is 4.32. The normalized spacial score (nSPS) is 17.8. The SMILES string of the molecule is N#CC1CC1.[Cl-].[H+]. The topological polar surface area (TPSA) is 23.8 Å². The third-order valence-corrected chi connectivity index (χ3v) is 0.760. The molecule has 1 rings (SSSR count). The van der Waals surface area contributed by atoms with Gasteiger partial charge < -0.3 is 12.4 Å². The van der Waals surface area contributed by atoms with Crippen LogP contribution in [0.5, 0.6) is 0 Å². The van der Waals surface area contributed by atoms with Gasteiger partial charge >= 0.3 is 1.43 Å². The number of hydrogen-bond donors (Lipinski definition) is 0. The van der Waals surface area contributed by atoms with Crippen molar-refractivity contribution in [1.29, 1.82) is 5.26 Å². The molecule has 1 fully saturated rings. The molecule has 0 heterocycles. The molecule has 0 saturated heterocycles. The van der Waals surface area contributed by atoms with Crippen molar-refractivity contribution in [3.8, 4) is 6.07 Å². The van der Waals surface area contributed by atoms with Crippen LogP contribution in [0.1, 0.15) is 14.3 Å². The predicted molar refractivity (Wildman–Crippen MR) is 19.4 cm³/mol. The van der Waals surface area contributed by atoms with Crippen LogP contribution in [0.25, 0.3) is 0 Å². The molecule has 6 heavy (non-hydrogen) atoms. The van der Waals surface area contributed by atoms with E-state index in [1.54, 1.807) is 0 Å². The van der Waals surface area contributed by atoms with E-state index >= 15 is 0 Å². The molecule has 0 aliphatic heterocycles. The van der Waals surface area contributed by atoms with Gasteiger partial charge in [0.15, 0.2) is 0 Å². The molecule has 0 aromatic heterocycles. The maximum atomic E-state index is 7.96. The van der Waals surface area contributed by atoms with E-state index < -0.39 is 0 Å². The number of halogens is 1. The second-order valence-corrected chi connectivity index (χ2v) is 1.40. The van der Waals surface area contributed by atoms with E-state index in [0.29, 0.717) is 5.92 Å². The number of nitrogens with zero attached hydrogens (tertiary/aromatic N) is 1. The summed E-state index contributed by atoms with van der Waals surface area (Å²) in [6, 6.07) is 2.14. The molecule has 1 aliphatic carbocycles. The van der Waals surface area contributed by atoms with E-state index in [-0.39, 0.29) is 13.8 Å². The monoisotopic (exact) mass is 103 g/mol. The van der Waals surface area contributed by atoms with E-state index in [2.05, 4.69) is 6.07 Å². The number of hydrogen-bond acceptors (Lipinski definition) is 1. The van der Waals surface area contributed by atoms with E-state index in [1.807, 2.05) is 0 Å². The minimum Gasteiger partial charge on any atom is -1.00 e. The fourth-order valence-electron chi connectivity index (χ4n) is 0.212. The zero-order valence-corrected chi connectivity index (χ0v) is 4.07. The minimum atomic E-state index is 0. The Bertz CT molecular complexity index is 74.2. The maximum Gasteiger partial charge on any atom is 1.00 e. The van der Waals surface area contributed by atoms with Crippen molar-refractivity contribution in [3.63, 3.8) is 0 Å². The highest BCUT2D eigenvalue weighted by molar-refractivity contribution is 4.92. The lowest BCUT2D eigenvalue weighted by molar-refractivity contribution is -0.00000131. The highest BCUT2D eigenvalue weighted by atomic mass is 35.5. The number of rotatable bonds is 0. The predicted octanol–water partition coefficient (Wildman–Crippen LogP) is -1.96. The molecule has 1 aliphatic rings. The summed E-state index contributed by atoms with van der Waals surface area (Å²) in [5.41, 5.74) is 0. The Hall–Kier alpha value is -0.220. The molecular formula is C4H6ClN. The van der Waals surface area contributed by atoms with Gasteiger partial charge in [0.05, 0.1) is 6.07 Å². The van der Waals surface area contributed by atoms with Gasteiger partial charge in [-0.25, -0.2) is 0 Å². The summed E-state index contributed by atoms with van der Waals surface area (Å²) in [6.07, 6.45) is 2.30. The van der Waals surface area contributed by atoms with Gasteiger partial charge in [-0.05, 0) is 12.8 Å². The Balaban J connectivity index is 0. The molecule has 0 unspecified atom stereocenters. The van der Waals surface area contributed by atoms with Crippen LogP contribution in [0.3, 0.4) is 0 Å². The molecule has 0 amide bonds. The third kappa shape index (κ3) is 1.28. The van der Waals surface area contributed by atoms with E-state index in [1.165, 1.54) is 0 Å². The van der Waals surface area contributed by atoms with Gasteiger partial charge in [-0.2, -0.15) is 5.26 Å². The van der Waals surface area contributed by atoms with E-state index in [4.69, 9.17) is 5.26 Å². The molecular weight excluding hydrogens is 97.5 g/mol. The molecule has 0 aromatic rings. The second-order valence-electron chi connectivity index (χ2n) is 1.40. The van der Waals surface area contributed by atoms with Gasteiger partial charge in [0.25, 0.3) is 0 Å². The Morgan fingerprint density at radius 2 is 2.17 bits per heavy atom. The Kier molecular flexibility index (Phi) is 1.97. The molecule has 34 valence electrons. The van der Waals surface area contributed by atoms with E-state index in [0.717, 1.165) is 12.8 Å². The van der Waals surface area contributed by atoms with Crippen molar-refractivity contribution in [1.82, 2.24) is 0 Å². The summed E-state index contributed by atoms with van der Waals surface area (Å²) in [6.45, 7) is 0. The van der Waals surface area contributed by atoms with E-state index in [9.17, 15) is 0 Å². The Morgan fingerprint density at radius 3 is 2.17 bits per heavy atom. The maximum absolute atomic E-state index is 7.96. The lowest BCUT2D eigenvalue weighted by Gasteiger charge is -1.51. The van der Waals surface area contributed by atoms with Gasteiger partial charge in [0.2, 0.25) is 0 Å². The van der Waals surface area contributed by atoms with Crippen molar-refractivity contribution in [2.75, 3.05) is 0 Å². The van der Waals surface area contributed by atoms with Crippen molar-refractivity contribution in [2.24, 2.45) is 5.92 Å². The zero-order chi connectivity index (χ0) is 3.70. The van der Waals surface area contributed by atoms with Crippen molar-refractivity contribution in [3.05, 3.63) is 0 Å². The molecule has 2 heteroatoms. The summed E-state index contributed by atoms with van der Waals surface area (Å²) in [7, 11) is 0. The quantitative estimate of drug-likeness (QED) is 0.349. The fourth-order valence-corrected chi connectivity index (χ4v) is 0.212. The van der Waals surface area contributed by atoms with Crippen LogP contribution in [-0.2, 0) is 0 Å². The van der Waals surface area contributed by atoms with Crippen LogP contribution >= 0.6 is 0 Å². The molecule has 1 nitrogen and oxygen atoms in total. The smallest absolute Gasteiger partial charge is 1.00 e. The Morgan fingerprint density at radius 1 is 1.67 bits per heavy atom. The standard InChI is InChI=1S/C4H5N.ClH/c5-3-4-1-2-4;/h4H,1-2H2;1H. The van der Waals surface area contributed by atoms with Crippen LogP contribution in [0.2, 0.25) is 0 Å². The first kappa shape index (κ1) is 5.78. The number of nitriles is 1. The van der Waals surface area contributed by atoms with Gasteiger partial charge in [-0.15, -0.1) is 0 Å². The highest BCUT2D eigenvalue weighted by Gasteiger charge is 2.19. The third-order valence-electron chi connectivity index (χ3n) is 0.760. The summed E-state index contributed by atoms with van der Waals surface area (Å²) in [5, 5.41) is 7.96. The van der Waals surface area contributed by atoms with Crippen LogP contribution in [0, 0.1) is 17.2 Å². The van der Waals surface area contributed by atoms with Gasteiger partial charge in [0.1, 0.15) is 0 Å². The molecule has 1 saturated carbocycles.